The molecule has 0 saturated carbocycles. The molecule has 0 fully saturated rings. The molecular formula is C27H17F5O8. The second-order valence-electron chi connectivity index (χ2n) is 7.98. The molecule has 0 aliphatic rings. The predicted octanol–water partition coefficient (Wildman–Crippen LogP) is 5.75. The van der Waals surface area contributed by atoms with Crippen molar-refractivity contribution in [2.75, 3.05) is 13.2 Å². The number of carbonyl (C=O) groups is 2. The number of hydrogen-bond acceptors (Lipinski definition) is 8. The molecule has 0 radical (unpaired) electrons. The molecule has 0 aliphatic heterocycles. The quantitative estimate of drug-likeness (QED) is 0.0877. The maximum absolute atomic E-state index is 13.7. The molecule has 1 heterocycles. The maximum Gasteiger partial charge on any atom is 0.349 e. The van der Waals surface area contributed by atoms with Gasteiger partial charge in [0, 0.05) is 6.07 Å². The van der Waals surface area contributed by atoms with Gasteiger partial charge in [-0.3, -0.25) is 4.79 Å². The van der Waals surface area contributed by atoms with Crippen molar-refractivity contribution in [2.24, 2.45) is 0 Å². The number of ether oxygens (including phenoxy) is 4. The lowest BCUT2D eigenvalue weighted by Crippen LogP contribution is -2.19. The summed E-state index contributed by atoms with van der Waals surface area (Å²) in [6.07, 6.45) is 0. The molecule has 40 heavy (non-hydrogen) atoms. The molecule has 0 saturated heterocycles. The van der Waals surface area contributed by atoms with Crippen molar-refractivity contribution >= 4 is 22.9 Å². The molecule has 1 aromatic heterocycles. The molecule has 4 rings (SSSR count). The topological polar surface area (TPSA) is 101 Å². The molecule has 0 bridgehead atoms. The monoisotopic (exact) mass is 564 g/mol. The summed E-state index contributed by atoms with van der Waals surface area (Å²) in [4.78, 5) is 36.9. The molecule has 0 unspecified atom stereocenters. The first-order valence-corrected chi connectivity index (χ1v) is 11.4. The first-order valence-electron chi connectivity index (χ1n) is 11.4. The number of fused-ring (bicyclic) bond motifs is 1. The first kappa shape index (κ1) is 28.1. The van der Waals surface area contributed by atoms with Crippen LogP contribution in [0.4, 0.5) is 22.0 Å². The van der Waals surface area contributed by atoms with Crippen LogP contribution >= 0.6 is 0 Å². The van der Waals surface area contributed by atoms with Crippen molar-refractivity contribution in [3.05, 3.63) is 93.1 Å². The van der Waals surface area contributed by atoms with E-state index in [1.807, 2.05) is 0 Å². The van der Waals surface area contributed by atoms with E-state index in [0.29, 0.717) is 0 Å². The highest BCUT2D eigenvalue weighted by atomic mass is 19.2. The van der Waals surface area contributed by atoms with E-state index in [1.165, 1.54) is 43.3 Å². The number of halogens is 5. The van der Waals surface area contributed by atoms with E-state index in [-0.39, 0.29) is 46.1 Å². The average molecular weight is 564 g/mol. The number of rotatable bonds is 8. The third-order valence-electron chi connectivity index (χ3n) is 5.31. The van der Waals surface area contributed by atoms with Crippen LogP contribution in [0.3, 0.4) is 0 Å². The zero-order valence-corrected chi connectivity index (χ0v) is 20.6. The minimum absolute atomic E-state index is 0.0153. The summed E-state index contributed by atoms with van der Waals surface area (Å²) in [5, 5.41) is 0.0428. The fourth-order valence-corrected chi connectivity index (χ4v) is 3.44. The van der Waals surface area contributed by atoms with Crippen LogP contribution in [-0.4, -0.2) is 25.2 Å². The van der Waals surface area contributed by atoms with Crippen LogP contribution in [0.5, 0.6) is 23.0 Å². The molecule has 4 aromatic rings. The highest BCUT2D eigenvalue weighted by Crippen LogP contribution is 2.30. The highest BCUT2D eigenvalue weighted by Gasteiger charge is 2.27. The lowest BCUT2D eigenvalue weighted by molar-refractivity contribution is -0.136. The zero-order chi connectivity index (χ0) is 29.1. The summed E-state index contributed by atoms with van der Waals surface area (Å²) < 4.78 is 92.7. The van der Waals surface area contributed by atoms with Gasteiger partial charge in [-0.05, 0) is 50.2 Å². The minimum atomic E-state index is -2.38. The third-order valence-corrected chi connectivity index (χ3v) is 5.31. The van der Waals surface area contributed by atoms with Crippen LogP contribution in [0, 0.1) is 36.0 Å². The van der Waals surface area contributed by atoms with Gasteiger partial charge in [0.15, 0.2) is 12.4 Å². The van der Waals surface area contributed by atoms with Gasteiger partial charge in [0.2, 0.25) is 40.3 Å². The summed E-state index contributed by atoms with van der Waals surface area (Å²) in [5.74, 6) is -14.8. The van der Waals surface area contributed by atoms with Gasteiger partial charge < -0.3 is 23.4 Å². The van der Waals surface area contributed by atoms with Gasteiger partial charge >= 0.3 is 11.9 Å². The third kappa shape index (κ3) is 5.58. The molecule has 0 amide bonds. The zero-order valence-electron chi connectivity index (χ0n) is 20.6. The second kappa shape index (κ2) is 11.4. The Bertz CT molecular complexity index is 1650. The molecule has 208 valence electrons. The SMILES string of the molecule is CCOC(=O)c1ccc(Oc2c(C)oc3cc(OC(=O)COc4c(F)c(F)c(F)c(F)c4F)ccc3c2=O)cc1. The Morgan fingerprint density at radius 3 is 2.05 bits per heavy atom. The molecule has 0 spiro atoms. The number of benzene rings is 3. The Balaban J connectivity index is 1.49. The number of hydrogen-bond donors (Lipinski definition) is 0. The first-order chi connectivity index (χ1) is 19.0. The predicted molar refractivity (Wildman–Crippen MR) is 127 cm³/mol. The van der Waals surface area contributed by atoms with E-state index < -0.39 is 58.8 Å². The summed E-state index contributed by atoms with van der Waals surface area (Å²) in [6, 6.07) is 9.47. The summed E-state index contributed by atoms with van der Waals surface area (Å²) >= 11 is 0. The van der Waals surface area contributed by atoms with Crippen molar-refractivity contribution in [3.63, 3.8) is 0 Å². The Morgan fingerprint density at radius 1 is 0.825 bits per heavy atom. The smallest absolute Gasteiger partial charge is 0.349 e. The van der Waals surface area contributed by atoms with Gasteiger partial charge in [-0.2, -0.15) is 8.78 Å². The lowest BCUT2D eigenvalue weighted by Gasteiger charge is -2.11. The van der Waals surface area contributed by atoms with E-state index in [4.69, 9.17) is 18.6 Å². The Hall–Kier alpha value is -4.94. The Kier molecular flexibility index (Phi) is 8.03. The van der Waals surface area contributed by atoms with Crippen molar-refractivity contribution in [3.8, 4) is 23.0 Å². The standard InChI is InChI=1S/C27H17F5O8/c1-3-36-27(35)13-4-6-14(7-5-13)40-25-12(2)38-17-10-15(8-9-16(17)24(25)34)39-18(33)11-37-26-22(31)20(29)19(28)21(30)23(26)32/h4-10H,3,11H2,1-2H3. The number of aryl methyl sites for hydroxylation is 1. The molecule has 3 aromatic carbocycles. The largest absolute Gasteiger partial charge is 0.476 e. The van der Waals surface area contributed by atoms with E-state index in [2.05, 4.69) is 4.74 Å². The van der Waals surface area contributed by atoms with Gasteiger partial charge in [0.25, 0.3) is 0 Å². The fraction of sp³-hybridized carbons (Fsp3) is 0.148. The Morgan fingerprint density at radius 2 is 1.43 bits per heavy atom. The molecular weight excluding hydrogens is 547 g/mol. The minimum Gasteiger partial charge on any atom is -0.476 e. The summed E-state index contributed by atoms with van der Waals surface area (Å²) in [5.41, 5.74) is -0.296. The van der Waals surface area contributed by atoms with E-state index in [9.17, 15) is 36.3 Å². The summed E-state index contributed by atoms with van der Waals surface area (Å²) in [7, 11) is 0. The van der Waals surface area contributed by atoms with Crippen molar-refractivity contribution in [1.29, 1.82) is 0 Å². The van der Waals surface area contributed by atoms with Gasteiger partial charge in [-0.1, -0.05) is 0 Å². The van der Waals surface area contributed by atoms with Gasteiger partial charge in [0.1, 0.15) is 22.8 Å². The van der Waals surface area contributed by atoms with Crippen molar-refractivity contribution in [2.45, 2.75) is 13.8 Å². The van der Waals surface area contributed by atoms with E-state index >= 15 is 0 Å². The summed E-state index contributed by atoms with van der Waals surface area (Å²) in [6.45, 7) is 2.12. The second-order valence-corrected chi connectivity index (χ2v) is 7.98. The van der Waals surface area contributed by atoms with Crippen molar-refractivity contribution in [1.82, 2.24) is 0 Å². The molecule has 8 nitrogen and oxygen atoms in total. The van der Waals surface area contributed by atoms with Crippen LogP contribution in [-0.2, 0) is 9.53 Å². The van der Waals surface area contributed by atoms with Crippen LogP contribution < -0.4 is 19.6 Å². The lowest BCUT2D eigenvalue weighted by atomic mass is 10.2. The molecule has 13 heteroatoms. The van der Waals surface area contributed by atoms with E-state index in [1.54, 1.807) is 6.92 Å². The molecule has 0 N–H and O–H groups in total. The van der Waals surface area contributed by atoms with Gasteiger partial charge in [0.05, 0.1) is 17.6 Å². The van der Waals surface area contributed by atoms with E-state index in [0.717, 1.165) is 6.07 Å². The molecule has 0 atom stereocenters. The fourth-order valence-electron chi connectivity index (χ4n) is 3.44. The number of carbonyl (C=O) groups excluding carboxylic acids is 2. The van der Waals surface area contributed by atoms with Crippen LogP contribution in [0.1, 0.15) is 23.0 Å². The average Bonchev–Trinajstić information content (AvgIpc) is 2.93. The van der Waals surface area contributed by atoms with Crippen LogP contribution in [0.2, 0.25) is 0 Å². The van der Waals surface area contributed by atoms with Crippen LogP contribution in [0.15, 0.2) is 51.7 Å². The van der Waals surface area contributed by atoms with Crippen molar-refractivity contribution < 1.29 is 54.9 Å². The highest BCUT2D eigenvalue weighted by molar-refractivity contribution is 5.89. The number of esters is 2. The molecule has 0 aliphatic carbocycles. The van der Waals surface area contributed by atoms with Crippen LogP contribution in [0.25, 0.3) is 11.0 Å². The normalized spacial score (nSPS) is 10.9. The van der Waals surface area contributed by atoms with Gasteiger partial charge in [-0.25, -0.2) is 22.8 Å². The Labute approximate surface area is 221 Å². The van der Waals surface area contributed by atoms with Gasteiger partial charge in [-0.15, -0.1) is 0 Å². The maximum atomic E-state index is 13.7.